The number of nitrogens with zero attached hydrogens (tertiary/aromatic N) is 8. The Balaban J connectivity index is 1.06. The number of imide groups is 1. The third kappa shape index (κ3) is 4.30. The molecule has 2 N–H and O–H groups in total. The van der Waals surface area contributed by atoms with Gasteiger partial charge in [0.25, 0.3) is 17.4 Å². The van der Waals surface area contributed by atoms with E-state index in [1.807, 2.05) is 13.0 Å². The number of tetrazole rings is 1. The third-order valence-corrected chi connectivity index (χ3v) is 9.42. The van der Waals surface area contributed by atoms with Crippen LogP contribution < -0.4 is 10.5 Å². The van der Waals surface area contributed by atoms with Crippen molar-refractivity contribution < 1.29 is 14.0 Å². The summed E-state index contributed by atoms with van der Waals surface area (Å²) in [5.74, 6) is -1.16. The number of hydrogen-bond acceptors (Lipinski definition) is 8. The molecule has 0 spiro atoms. The minimum Gasteiger partial charge on any atom is -0.340 e. The largest absolute Gasteiger partial charge is 0.340 e. The molecule has 2 aliphatic rings. The number of pyridine rings is 1. The van der Waals surface area contributed by atoms with Crippen LogP contribution >= 0.6 is 11.6 Å². The summed E-state index contributed by atoms with van der Waals surface area (Å²) >= 11 is 6.35. The molecular formula is C34H22ClFN10O3. The summed E-state index contributed by atoms with van der Waals surface area (Å²) in [4.78, 5) is 48.7. The Morgan fingerprint density at radius 2 is 1.73 bits per heavy atom. The van der Waals surface area contributed by atoms with E-state index in [2.05, 4.69) is 35.7 Å². The SMILES string of the molecule is C[C@H]1Cc2cc(-c3cc(Cl)ccc3-n3cnnn3)cc(=O)n2[C@@H]1c1ncc(-c2ccc3c(N4C(=O)c5ccccc5C4=O)n[nH]c3c2F)[nH]1. The van der Waals surface area contributed by atoms with Gasteiger partial charge in [-0.1, -0.05) is 30.7 Å². The fourth-order valence-electron chi connectivity index (χ4n) is 6.99. The fourth-order valence-corrected chi connectivity index (χ4v) is 7.16. The van der Waals surface area contributed by atoms with Crippen LogP contribution in [-0.2, 0) is 6.42 Å². The Labute approximate surface area is 280 Å². The Hall–Kier alpha value is -6.28. The first kappa shape index (κ1) is 28.9. The van der Waals surface area contributed by atoms with Crippen LogP contribution in [0.2, 0.25) is 5.02 Å². The van der Waals surface area contributed by atoms with Gasteiger partial charge in [0.15, 0.2) is 11.6 Å². The molecule has 6 heterocycles. The maximum absolute atomic E-state index is 16.1. The third-order valence-electron chi connectivity index (χ3n) is 9.19. The van der Waals surface area contributed by atoms with Crippen LogP contribution in [0.25, 0.3) is 39.0 Å². The second-order valence-corrected chi connectivity index (χ2v) is 12.5. The summed E-state index contributed by atoms with van der Waals surface area (Å²) in [6.07, 6.45) is 3.59. The molecule has 15 heteroatoms. The lowest BCUT2D eigenvalue weighted by atomic mass is 10.0. The number of amides is 2. The topological polar surface area (TPSA) is 160 Å². The quantitative estimate of drug-likeness (QED) is 0.238. The number of H-pyrrole nitrogens is 2. The average molecular weight is 673 g/mol. The predicted molar refractivity (Wildman–Crippen MR) is 176 cm³/mol. The summed E-state index contributed by atoms with van der Waals surface area (Å²) in [6, 6.07) is 18.0. The van der Waals surface area contributed by atoms with Crippen LogP contribution in [0.4, 0.5) is 10.2 Å². The number of aromatic nitrogens is 9. The fraction of sp³-hybridized carbons (Fsp3) is 0.118. The number of rotatable bonds is 5. The maximum Gasteiger partial charge on any atom is 0.267 e. The summed E-state index contributed by atoms with van der Waals surface area (Å²) in [5.41, 5.74) is 3.79. The van der Waals surface area contributed by atoms with Crippen LogP contribution in [0, 0.1) is 11.7 Å². The van der Waals surface area contributed by atoms with E-state index in [1.165, 1.54) is 17.2 Å². The van der Waals surface area contributed by atoms with Gasteiger partial charge in [0.1, 0.15) is 17.7 Å². The molecular weight excluding hydrogens is 651 g/mol. The highest BCUT2D eigenvalue weighted by Crippen LogP contribution is 2.39. The smallest absolute Gasteiger partial charge is 0.267 e. The number of fused-ring (bicyclic) bond motifs is 3. The van der Waals surface area contributed by atoms with E-state index in [0.717, 1.165) is 10.6 Å². The van der Waals surface area contributed by atoms with Gasteiger partial charge in [-0.3, -0.25) is 19.5 Å². The highest BCUT2D eigenvalue weighted by molar-refractivity contribution is 6.35. The Morgan fingerprint density at radius 3 is 2.49 bits per heavy atom. The zero-order valence-electron chi connectivity index (χ0n) is 25.4. The average Bonchev–Trinajstić information content (AvgIpc) is 3.93. The molecule has 240 valence electrons. The lowest BCUT2D eigenvalue weighted by Gasteiger charge is -2.17. The summed E-state index contributed by atoms with van der Waals surface area (Å²) < 4.78 is 19.3. The molecule has 9 rings (SSSR count). The molecule has 0 fully saturated rings. The first-order chi connectivity index (χ1) is 23.8. The number of imidazole rings is 1. The summed E-state index contributed by atoms with van der Waals surface area (Å²) in [5, 5.41) is 19.1. The van der Waals surface area contributed by atoms with Crippen LogP contribution in [0.15, 0.2) is 84.0 Å². The van der Waals surface area contributed by atoms with Crippen molar-refractivity contribution in [3.63, 3.8) is 0 Å². The second-order valence-electron chi connectivity index (χ2n) is 12.1. The van der Waals surface area contributed by atoms with Crippen molar-refractivity contribution in [1.82, 2.24) is 44.9 Å². The van der Waals surface area contributed by atoms with Crippen LogP contribution in [-0.4, -0.2) is 56.8 Å². The maximum atomic E-state index is 16.1. The molecule has 0 bridgehead atoms. The summed E-state index contributed by atoms with van der Waals surface area (Å²) in [6.45, 7) is 2.03. The van der Waals surface area contributed by atoms with Gasteiger partial charge in [0, 0.05) is 33.3 Å². The minimum absolute atomic E-state index is 0.0116. The first-order valence-corrected chi connectivity index (χ1v) is 15.6. The monoisotopic (exact) mass is 672 g/mol. The van der Waals surface area contributed by atoms with E-state index in [1.54, 1.807) is 65.2 Å². The molecule has 13 nitrogen and oxygen atoms in total. The van der Waals surface area contributed by atoms with Gasteiger partial charge < -0.3 is 9.55 Å². The van der Waals surface area contributed by atoms with Crippen LogP contribution in [0.3, 0.4) is 0 Å². The van der Waals surface area contributed by atoms with Crippen molar-refractivity contribution in [3.05, 3.63) is 123 Å². The van der Waals surface area contributed by atoms with E-state index in [4.69, 9.17) is 11.6 Å². The predicted octanol–water partition coefficient (Wildman–Crippen LogP) is 5.13. The van der Waals surface area contributed by atoms with E-state index in [0.29, 0.717) is 39.8 Å². The molecule has 0 saturated heterocycles. The van der Waals surface area contributed by atoms with E-state index >= 15 is 4.39 Å². The van der Waals surface area contributed by atoms with Gasteiger partial charge in [-0.15, -0.1) is 5.10 Å². The van der Waals surface area contributed by atoms with E-state index in [-0.39, 0.29) is 44.9 Å². The molecule has 0 aliphatic carbocycles. The van der Waals surface area contributed by atoms with Gasteiger partial charge in [0.05, 0.1) is 34.7 Å². The molecule has 2 atom stereocenters. The number of anilines is 1. The second kappa shape index (κ2) is 10.6. The molecule has 0 saturated carbocycles. The standard InChI is InChI=1S/C34H22ClFN10O3/c1-16-10-19-11-17(24-13-18(35)6-9-26(24)44-15-38-42-43-44)12-27(47)45(19)30(16)31-37-14-25(39-31)22-7-8-23-29(28(22)36)40-41-32(23)46-33(48)20-4-2-3-5-21(20)34(46)49/h2-9,11-16,30H,10H2,1H3,(H,37,39)(H,40,41)/t16-,30-/m0/s1. The zero-order valence-corrected chi connectivity index (χ0v) is 26.2. The van der Waals surface area contributed by atoms with Crippen molar-refractivity contribution in [2.24, 2.45) is 5.92 Å². The lowest BCUT2D eigenvalue weighted by Crippen LogP contribution is -2.29. The number of aromatic amines is 2. The minimum atomic E-state index is -0.635. The highest BCUT2D eigenvalue weighted by Gasteiger charge is 2.39. The normalized spacial score (nSPS) is 16.9. The number of carbonyl (C=O) groups is 2. The number of hydrogen-bond donors (Lipinski definition) is 2. The van der Waals surface area contributed by atoms with Crippen molar-refractivity contribution in [1.29, 1.82) is 0 Å². The zero-order chi connectivity index (χ0) is 33.6. The lowest BCUT2D eigenvalue weighted by molar-refractivity contribution is 0.0925. The van der Waals surface area contributed by atoms with Gasteiger partial charge in [-0.05, 0) is 76.9 Å². The molecule has 2 amide bonds. The molecule has 2 aliphatic heterocycles. The molecule has 0 unspecified atom stereocenters. The molecule has 7 aromatic rings. The Bertz CT molecular complexity index is 2540. The van der Waals surface area contributed by atoms with Crippen molar-refractivity contribution in [3.8, 4) is 28.1 Å². The van der Waals surface area contributed by atoms with Gasteiger partial charge in [-0.2, -0.15) is 9.78 Å². The number of carbonyl (C=O) groups excluding carboxylic acids is 2. The molecule has 4 aromatic heterocycles. The van der Waals surface area contributed by atoms with Crippen molar-refractivity contribution >= 4 is 40.1 Å². The van der Waals surface area contributed by atoms with Crippen LogP contribution in [0.1, 0.15) is 45.2 Å². The van der Waals surface area contributed by atoms with Crippen molar-refractivity contribution in [2.45, 2.75) is 19.4 Å². The highest BCUT2D eigenvalue weighted by atomic mass is 35.5. The first-order valence-electron chi connectivity index (χ1n) is 15.3. The van der Waals surface area contributed by atoms with E-state index in [9.17, 15) is 14.4 Å². The van der Waals surface area contributed by atoms with E-state index < -0.39 is 23.7 Å². The Morgan fingerprint density at radius 1 is 0.939 bits per heavy atom. The molecule has 0 radical (unpaired) electrons. The molecule has 3 aromatic carbocycles. The van der Waals surface area contributed by atoms with Gasteiger partial charge in [-0.25, -0.2) is 14.3 Å². The number of halogens is 2. The van der Waals surface area contributed by atoms with Crippen LogP contribution in [0.5, 0.6) is 0 Å². The summed E-state index contributed by atoms with van der Waals surface area (Å²) in [7, 11) is 0. The number of benzene rings is 3. The van der Waals surface area contributed by atoms with Gasteiger partial charge in [0.2, 0.25) is 0 Å². The Kier molecular flexibility index (Phi) is 6.26. The number of nitrogens with one attached hydrogen (secondary N) is 2. The van der Waals surface area contributed by atoms with Gasteiger partial charge >= 0.3 is 0 Å². The molecule has 49 heavy (non-hydrogen) atoms. The van der Waals surface area contributed by atoms with Crippen molar-refractivity contribution in [2.75, 3.05) is 4.90 Å².